The molecule has 2 aromatic carbocycles. The molecule has 0 atom stereocenters. The molecule has 1 heterocycles. The average Bonchev–Trinajstić information content (AvgIpc) is 2.83. The van der Waals surface area contributed by atoms with E-state index in [2.05, 4.69) is 153 Å². The molecule has 3 aromatic rings. The lowest BCUT2D eigenvalue weighted by Gasteiger charge is -2.29. The summed E-state index contributed by atoms with van der Waals surface area (Å²) in [6.45, 7) is 35.7. The molecule has 0 unspecified atom stereocenters. The van der Waals surface area contributed by atoms with Crippen LogP contribution >= 0.6 is 0 Å². The van der Waals surface area contributed by atoms with E-state index in [1.807, 2.05) is 0 Å². The number of benzene rings is 2. The standard InChI is InChI=1S/C39H55N3/c1-24-20-28(36(5,6)7)34(29(21-24)37(8,9)10)40-26(3)32-18-17-19-33(42-32)27(4)41-35-30(38(11,12)13)22-25(2)23-31(35)39(14,15)16/h17-23H,1-16H3. The molecule has 1 aromatic heterocycles. The lowest BCUT2D eigenvalue weighted by atomic mass is 9.78. The fraction of sp³-hybridized carbons (Fsp3) is 0.513. The Morgan fingerprint density at radius 3 is 1.00 bits per heavy atom. The number of hydrogen-bond acceptors (Lipinski definition) is 3. The molecular formula is C39H55N3. The number of hydrogen-bond donors (Lipinski definition) is 0. The highest BCUT2D eigenvalue weighted by Crippen LogP contribution is 2.42. The molecule has 0 amide bonds. The van der Waals surface area contributed by atoms with Crippen molar-refractivity contribution in [3.8, 4) is 0 Å². The van der Waals surface area contributed by atoms with E-state index in [-0.39, 0.29) is 21.7 Å². The first-order valence-electron chi connectivity index (χ1n) is 15.4. The van der Waals surface area contributed by atoms with Gasteiger partial charge in [-0.05, 0) is 83.7 Å². The molecule has 0 bridgehead atoms. The molecule has 0 fully saturated rings. The Bertz CT molecular complexity index is 1340. The molecule has 226 valence electrons. The molecule has 0 N–H and O–H groups in total. The van der Waals surface area contributed by atoms with Crippen molar-refractivity contribution in [1.29, 1.82) is 0 Å². The highest BCUT2D eigenvalue weighted by molar-refractivity contribution is 6.02. The third-order valence-corrected chi connectivity index (χ3v) is 7.79. The Morgan fingerprint density at radius 1 is 0.500 bits per heavy atom. The number of pyridine rings is 1. The van der Waals surface area contributed by atoms with Gasteiger partial charge in [-0.1, -0.05) is 125 Å². The first-order chi connectivity index (χ1) is 19.0. The SMILES string of the molecule is CC(=Nc1c(C(C)(C)C)cc(C)cc1C(C)(C)C)c1cccc(C(C)=Nc2c(C(C)(C)C)cc(C)cc2C(C)(C)C)n1. The van der Waals surface area contributed by atoms with Gasteiger partial charge in [0.25, 0.3) is 0 Å². The van der Waals surface area contributed by atoms with E-state index >= 15 is 0 Å². The van der Waals surface area contributed by atoms with Crippen molar-refractivity contribution >= 4 is 22.8 Å². The van der Waals surface area contributed by atoms with Gasteiger partial charge in [0.1, 0.15) is 0 Å². The molecule has 0 saturated carbocycles. The van der Waals surface area contributed by atoms with E-state index in [0.29, 0.717) is 0 Å². The summed E-state index contributed by atoms with van der Waals surface area (Å²) < 4.78 is 0. The van der Waals surface area contributed by atoms with Crippen molar-refractivity contribution in [3.05, 3.63) is 87.2 Å². The van der Waals surface area contributed by atoms with Crippen molar-refractivity contribution in [2.24, 2.45) is 9.98 Å². The zero-order chi connectivity index (χ0) is 32.0. The fourth-order valence-corrected chi connectivity index (χ4v) is 5.37. The van der Waals surface area contributed by atoms with Crippen LogP contribution in [0.1, 0.15) is 142 Å². The fourth-order valence-electron chi connectivity index (χ4n) is 5.37. The van der Waals surface area contributed by atoms with Crippen molar-refractivity contribution < 1.29 is 0 Å². The van der Waals surface area contributed by atoms with Crippen LogP contribution < -0.4 is 0 Å². The maximum Gasteiger partial charge on any atom is 0.0849 e. The van der Waals surface area contributed by atoms with Gasteiger partial charge in [-0.2, -0.15) is 0 Å². The van der Waals surface area contributed by atoms with Gasteiger partial charge in [0.15, 0.2) is 0 Å². The van der Waals surface area contributed by atoms with E-state index in [4.69, 9.17) is 15.0 Å². The van der Waals surface area contributed by atoms with Crippen LogP contribution in [0.2, 0.25) is 0 Å². The second-order valence-electron chi connectivity index (χ2n) is 16.2. The van der Waals surface area contributed by atoms with Crippen LogP contribution in [0.5, 0.6) is 0 Å². The van der Waals surface area contributed by atoms with Gasteiger partial charge >= 0.3 is 0 Å². The minimum Gasteiger partial charge on any atom is -0.251 e. The molecule has 42 heavy (non-hydrogen) atoms. The Morgan fingerprint density at radius 2 is 0.762 bits per heavy atom. The highest BCUT2D eigenvalue weighted by Gasteiger charge is 2.28. The number of aryl methyl sites for hydroxylation is 2. The second kappa shape index (κ2) is 11.5. The Kier molecular flexibility index (Phi) is 9.19. The molecule has 3 nitrogen and oxygen atoms in total. The maximum atomic E-state index is 5.30. The second-order valence-corrected chi connectivity index (χ2v) is 16.2. The number of aliphatic imine (C=N–C) groups is 2. The predicted molar refractivity (Wildman–Crippen MR) is 185 cm³/mol. The van der Waals surface area contributed by atoms with Crippen LogP contribution in [0, 0.1) is 13.8 Å². The molecule has 0 aliphatic heterocycles. The van der Waals surface area contributed by atoms with Gasteiger partial charge in [0.2, 0.25) is 0 Å². The Labute approximate surface area is 257 Å². The van der Waals surface area contributed by atoms with Crippen LogP contribution in [0.3, 0.4) is 0 Å². The van der Waals surface area contributed by atoms with Crippen molar-refractivity contribution in [2.75, 3.05) is 0 Å². The summed E-state index contributed by atoms with van der Waals surface area (Å²) in [6, 6.07) is 15.4. The third kappa shape index (κ3) is 7.65. The molecule has 0 aliphatic rings. The van der Waals surface area contributed by atoms with E-state index in [9.17, 15) is 0 Å². The van der Waals surface area contributed by atoms with E-state index in [0.717, 1.165) is 34.2 Å². The Hall–Kier alpha value is -3.07. The van der Waals surface area contributed by atoms with Gasteiger partial charge in [0.05, 0.1) is 34.2 Å². The summed E-state index contributed by atoms with van der Waals surface area (Å²) >= 11 is 0. The molecule has 0 saturated heterocycles. The molecule has 3 rings (SSSR count). The third-order valence-electron chi connectivity index (χ3n) is 7.79. The summed E-state index contributed by atoms with van der Waals surface area (Å²) in [5.74, 6) is 0. The van der Waals surface area contributed by atoms with Crippen LogP contribution in [0.25, 0.3) is 0 Å². The summed E-state index contributed by atoms with van der Waals surface area (Å²) in [7, 11) is 0. The molecule has 0 radical (unpaired) electrons. The predicted octanol–water partition coefficient (Wildman–Crippen LogP) is 11.2. The zero-order valence-corrected chi connectivity index (χ0v) is 29.4. The number of nitrogens with zero attached hydrogens (tertiary/aromatic N) is 3. The lowest BCUT2D eigenvalue weighted by molar-refractivity contribution is 0.569. The summed E-state index contributed by atoms with van der Waals surface area (Å²) in [4.78, 5) is 15.7. The minimum absolute atomic E-state index is 0.0345. The van der Waals surface area contributed by atoms with Crippen LogP contribution in [0.4, 0.5) is 11.4 Å². The minimum atomic E-state index is -0.0345. The maximum absolute atomic E-state index is 5.30. The average molecular weight is 566 g/mol. The molecule has 3 heteroatoms. The Balaban J connectivity index is 2.21. The molecule has 0 aliphatic carbocycles. The zero-order valence-electron chi connectivity index (χ0n) is 29.4. The van der Waals surface area contributed by atoms with E-state index < -0.39 is 0 Å². The summed E-state index contributed by atoms with van der Waals surface area (Å²) in [6.07, 6.45) is 0. The summed E-state index contributed by atoms with van der Waals surface area (Å²) in [5.41, 5.74) is 13.2. The molecule has 0 spiro atoms. The van der Waals surface area contributed by atoms with Crippen LogP contribution in [0.15, 0.2) is 52.4 Å². The van der Waals surface area contributed by atoms with Crippen LogP contribution in [-0.4, -0.2) is 16.4 Å². The number of rotatable bonds is 4. The van der Waals surface area contributed by atoms with Gasteiger partial charge in [-0.25, -0.2) is 4.98 Å². The summed E-state index contributed by atoms with van der Waals surface area (Å²) in [5, 5.41) is 0. The van der Waals surface area contributed by atoms with E-state index in [1.54, 1.807) is 0 Å². The smallest absolute Gasteiger partial charge is 0.0849 e. The van der Waals surface area contributed by atoms with Gasteiger partial charge in [-0.3, -0.25) is 9.98 Å². The van der Waals surface area contributed by atoms with E-state index in [1.165, 1.54) is 33.4 Å². The van der Waals surface area contributed by atoms with Crippen molar-refractivity contribution in [3.63, 3.8) is 0 Å². The first-order valence-corrected chi connectivity index (χ1v) is 15.4. The lowest BCUT2D eigenvalue weighted by Crippen LogP contribution is -2.18. The normalized spacial score (nSPS) is 14.0. The molecular weight excluding hydrogens is 510 g/mol. The quantitative estimate of drug-likeness (QED) is 0.290. The number of aromatic nitrogens is 1. The van der Waals surface area contributed by atoms with Crippen molar-refractivity contribution in [1.82, 2.24) is 4.98 Å². The highest BCUT2D eigenvalue weighted by atomic mass is 14.8. The van der Waals surface area contributed by atoms with Gasteiger partial charge in [-0.15, -0.1) is 0 Å². The van der Waals surface area contributed by atoms with Crippen molar-refractivity contribution in [2.45, 2.75) is 132 Å². The van der Waals surface area contributed by atoms with Crippen LogP contribution in [-0.2, 0) is 21.7 Å². The largest absolute Gasteiger partial charge is 0.251 e. The monoisotopic (exact) mass is 565 g/mol. The topological polar surface area (TPSA) is 37.6 Å². The first kappa shape index (κ1) is 33.4. The van der Waals surface area contributed by atoms with Gasteiger partial charge < -0.3 is 0 Å². The van der Waals surface area contributed by atoms with Gasteiger partial charge in [0, 0.05) is 0 Å².